The smallest absolute Gasteiger partial charge is 0.126 e. The first kappa shape index (κ1) is 12.1. The molecule has 1 aliphatic rings. The first-order valence-corrected chi connectivity index (χ1v) is 6.41. The van der Waals surface area contributed by atoms with Gasteiger partial charge in [0.15, 0.2) is 0 Å². The fourth-order valence-corrected chi connectivity index (χ4v) is 2.02. The molecule has 0 radical (unpaired) electrons. The van der Waals surface area contributed by atoms with Crippen LogP contribution >= 0.6 is 0 Å². The Morgan fingerprint density at radius 1 is 1.47 bits per heavy atom. The van der Waals surface area contributed by atoms with Crippen molar-refractivity contribution in [3.63, 3.8) is 0 Å². The third-order valence-corrected chi connectivity index (χ3v) is 3.17. The number of carbonyl (C=O) groups excluding carboxylic acids is 1. The molecule has 2 rings (SSSR count). The number of nitrogens with zero attached hydrogens (tertiary/aromatic N) is 3. The molecule has 94 valence electrons. The lowest BCUT2D eigenvalue weighted by molar-refractivity contribution is -0.107. The number of unbranched alkanes of at least 4 members (excludes halogenated alkanes) is 2. The van der Waals surface area contributed by atoms with Crippen molar-refractivity contribution in [3.8, 4) is 0 Å². The second-order valence-corrected chi connectivity index (χ2v) is 4.98. The molecule has 1 fully saturated rings. The predicted molar refractivity (Wildman–Crippen MR) is 68.4 cm³/mol. The van der Waals surface area contributed by atoms with Gasteiger partial charge >= 0.3 is 0 Å². The molecule has 1 aromatic heterocycles. The van der Waals surface area contributed by atoms with Crippen LogP contribution in [-0.2, 0) is 11.3 Å². The molecule has 0 aliphatic heterocycles. The molecule has 1 aliphatic carbocycles. The van der Waals surface area contributed by atoms with Crippen LogP contribution in [0.25, 0.3) is 0 Å². The van der Waals surface area contributed by atoms with Gasteiger partial charge in [0.2, 0.25) is 0 Å². The molecule has 1 saturated carbocycles. The Balaban J connectivity index is 1.99. The summed E-state index contributed by atoms with van der Waals surface area (Å²) in [4.78, 5) is 12.4. The van der Waals surface area contributed by atoms with E-state index in [9.17, 15) is 4.79 Å². The van der Waals surface area contributed by atoms with Gasteiger partial charge in [0.25, 0.3) is 0 Å². The Kier molecular flexibility index (Phi) is 3.82. The van der Waals surface area contributed by atoms with Crippen LogP contribution in [0.2, 0.25) is 0 Å². The number of rotatable bonds is 7. The lowest BCUT2D eigenvalue weighted by Gasteiger charge is -2.14. The van der Waals surface area contributed by atoms with Crippen molar-refractivity contribution >= 4 is 12.1 Å². The molecule has 0 bridgehead atoms. The molecular weight excluding hydrogens is 214 g/mol. The average molecular weight is 235 g/mol. The maximum absolute atomic E-state index is 10.3. The van der Waals surface area contributed by atoms with Crippen molar-refractivity contribution in [2.24, 2.45) is 0 Å². The molecule has 0 atom stereocenters. The minimum atomic E-state index is 0.661. The Morgan fingerprint density at radius 2 is 2.24 bits per heavy atom. The van der Waals surface area contributed by atoms with Gasteiger partial charge in [-0.05, 0) is 25.7 Å². The lowest BCUT2D eigenvalue weighted by Crippen LogP contribution is -2.15. The van der Waals surface area contributed by atoms with Gasteiger partial charge in [-0.15, -0.1) is 0 Å². The molecule has 4 nitrogen and oxygen atoms in total. The van der Waals surface area contributed by atoms with E-state index in [1.54, 1.807) is 0 Å². The minimum absolute atomic E-state index is 0.661. The number of aryl methyl sites for hydroxylation is 1. The highest BCUT2D eigenvalue weighted by Gasteiger charge is 2.27. The van der Waals surface area contributed by atoms with Crippen LogP contribution in [0.1, 0.15) is 43.7 Å². The zero-order valence-electron chi connectivity index (χ0n) is 10.7. The summed E-state index contributed by atoms with van der Waals surface area (Å²) in [5, 5.41) is 4.68. The van der Waals surface area contributed by atoms with E-state index in [1.807, 2.05) is 0 Å². The lowest BCUT2D eigenvalue weighted by atomic mass is 10.2. The SMILES string of the molecule is CN(C)c1cc(C2CC2)nn1CCCCC=O. The van der Waals surface area contributed by atoms with Crippen molar-refractivity contribution < 1.29 is 4.79 Å². The van der Waals surface area contributed by atoms with Crippen LogP contribution < -0.4 is 4.90 Å². The number of hydrogen-bond donors (Lipinski definition) is 0. The van der Waals surface area contributed by atoms with E-state index in [0.29, 0.717) is 12.3 Å². The van der Waals surface area contributed by atoms with Crippen molar-refractivity contribution in [1.29, 1.82) is 0 Å². The normalized spacial score (nSPS) is 14.9. The fraction of sp³-hybridized carbons (Fsp3) is 0.692. The Labute approximate surface area is 103 Å². The molecule has 4 heteroatoms. The summed E-state index contributed by atoms with van der Waals surface area (Å²) in [6, 6.07) is 2.21. The number of aromatic nitrogens is 2. The molecule has 0 spiro atoms. The van der Waals surface area contributed by atoms with E-state index in [1.165, 1.54) is 24.4 Å². The van der Waals surface area contributed by atoms with E-state index in [4.69, 9.17) is 0 Å². The van der Waals surface area contributed by atoms with E-state index in [2.05, 4.69) is 34.8 Å². The summed E-state index contributed by atoms with van der Waals surface area (Å²) in [6.45, 7) is 0.911. The molecule has 1 aromatic rings. The van der Waals surface area contributed by atoms with Gasteiger partial charge in [-0.25, -0.2) is 4.68 Å². The molecule has 17 heavy (non-hydrogen) atoms. The predicted octanol–water partition coefficient (Wildman–Crippen LogP) is 2.20. The van der Waals surface area contributed by atoms with Gasteiger partial charge < -0.3 is 9.69 Å². The van der Waals surface area contributed by atoms with Crippen LogP contribution in [0, 0.1) is 0 Å². The van der Waals surface area contributed by atoms with Crippen LogP contribution in [0.5, 0.6) is 0 Å². The van der Waals surface area contributed by atoms with Crippen LogP contribution in [0.3, 0.4) is 0 Å². The fourth-order valence-electron chi connectivity index (χ4n) is 2.02. The highest BCUT2D eigenvalue weighted by Crippen LogP contribution is 2.40. The monoisotopic (exact) mass is 235 g/mol. The van der Waals surface area contributed by atoms with Crippen molar-refractivity contribution in [2.45, 2.75) is 44.6 Å². The van der Waals surface area contributed by atoms with Crippen molar-refractivity contribution in [1.82, 2.24) is 9.78 Å². The minimum Gasteiger partial charge on any atom is -0.363 e. The number of carbonyl (C=O) groups is 1. The largest absolute Gasteiger partial charge is 0.363 e. The van der Waals surface area contributed by atoms with Crippen molar-refractivity contribution in [3.05, 3.63) is 11.8 Å². The standard InChI is InChI=1S/C13H21N3O/c1-15(2)13-10-12(11-6-7-11)14-16(13)8-4-3-5-9-17/h9-11H,3-8H2,1-2H3. The molecule has 0 aromatic carbocycles. The maximum atomic E-state index is 10.3. The second-order valence-electron chi connectivity index (χ2n) is 4.98. The number of anilines is 1. The summed E-state index contributed by atoms with van der Waals surface area (Å²) in [6.07, 6.45) is 6.20. The first-order chi connectivity index (χ1) is 8.22. The summed E-state index contributed by atoms with van der Waals surface area (Å²) < 4.78 is 2.08. The summed E-state index contributed by atoms with van der Waals surface area (Å²) >= 11 is 0. The Hall–Kier alpha value is -1.32. The molecule has 0 unspecified atom stereocenters. The van der Waals surface area contributed by atoms with Gasteiger partial charge in [0, 0.05) is 39.0 Å². The van der Waals surface area contributed by atoms with Gasteiger partial charge in [-0.2, -0.15) is 5.10 Å². The molecule has 0 N–H and O–H groups in total. The zero-order valence-corrected chi connectivity index (χ0v) is 10.7. The number of hydrogen-bond acceptors (Lipinski definition) is 3. The molecular formula is C13H21N3O. The van der Waals surface area contributed by atoms with E-state index < -0.39 is 0 Å². The van der Waals surface area contributed by atoms with Crippen molar-refractivity contribution in [2.75, 3.05) is 19.0 Å². The Morgan fingerprint density at radius 3 is 2.82 bits per heavy atom. The van der Waals surface area contributed by atoms with E-state index >= 15 is 0 Å². The third kappa shape index (κ3) is 3.08. The second kappa shape index (κ2) is 5.34. The zero-order chi connectivity index (χ0) is 12.3. The van der Waals surface area contributed by atoms with Gasteiger partial charge in [0.1, 0.15) is 12.1 Å². The molecule has 1 heterocycles. The van der Waals surface area contributed by atoms with Crippen LogP contribution in [0.15, 0.2) is 6.07 Å². The molecule has 0 saturated heterocycles. The van der Waals surface area contributed by atoms with Crippen LogP contribution in [0.4, 0.5) is 5.82 Å². The highest BCUT2D eigenvalue weighted by atomic mass is 16.1. The summed E-state index contributed by atoms with van der Waals surface area (Å²) in [7, 11) is 4.10. The average Bonchev–Trinajstić information content (AvgIpc) is 3.05. The summed E-state index contributed by atoms with van der Waals surface area (Å²) in [5.41, 5.74) is 1.24. The highest BCUT2D eigenvalue weighted by molar-refractivity contribution is 5.48. The third-order valence-electron chi connectivity index (χ3n) is 3.17. The first-order valence-electron chi connectivity index (χ1n) is 6.41. The maximum Gasteiger partial charge on any atom is 0.126 e. The topological polar surface area (TPSA) is 38.1 Å². The van der Waals surface area contributed by atoms with Gasteiger partial charge in [-0.3, -0.25) is 0 Å². The van der Waals surface area contributed by atoms with E-state index in [0.717, 1.165) is 25.7 Å². The Bertz CT molecular complexity index is 380. The van der Waals surface area contributed by atoms with Gasteiger partial charge in [0.05, 0.1) is 5.69 Å². The quantitative estimate of drug-likeness (QED) is 0.537. The van der Waals surface area contributed by atoms with Gasteiger partial charge in [-0.1, -0.05) is 0 Å². The van der Waals surface area contributed by atoms with E-state index in [-0.39, 0.29) is 0 Å². The number of aldehydes is 1. The molecule has 0 amide bonds. The summed E-state index contributed by atoms with van der Waals surface area (Å²) in [5.74, 6) is 1.88. The van der Waals surface area contributed by atoms with Crippen LogP contribution in [-0.4, -0.2) is 30.2 Å².